The van der Waals surface area contributed by atoms with Crippen molar-refractivity contribution in [3.05, 3.63) is 18.2 Å². The highest BCUT2D eigenvalue weighted by Gasteiger charge is 2.12. The Morgan fingerprint density at radius 1 is 1.43 bits per heavy atom. The van der Waals surface area contributed by atoms with Crippen LogP contribution >= 0.6 is 0 Å². The molecule has 0 saturated heterocycles. The first-order valence-corrected chi connectivity index (χ1v) is 5.82. The van der Waals surface area contributed by atoms with Crippen LogP contribution in [-0.2, 0) is 9.84 Å². The summed E-state index contributed by atoms with van der Waals surface area (Å²) in [6.07, 6.45) is 0. The number of hydrogen-bond donors (Lipinski definition) is 1. The molecule has 0 aliphatic rings. The lowest BCUT2D eigenvalue weighted by atomic mass is 10.3. The average molecular weight is 215 g/mol. The van der Waals surface area contributed by atoms with E-state index in [4.69, 9.17) is 10.5 Å². The Morgan fingerprint density at radius 2 is 2.07 bits per heavy atom. The van der Waals surface area contributed by atoms with Gasteiger partial charge in [-0.05, 0) is 18.2 Å². The lowest BCUT2D eigenvalue weighted by Gasteiger charge is -2.06. The predicted octanol–water partition coefficient (Wildman–Crippen LogP) is 1.07. The van der Waals surface area contributed by atoms with E-state index < -0.39 is 9.84 Å². The molecule has 1 rings (SSSR count). The van der Waals surface area contributed by atoms with Gasteiger partial charge in [-0.3, -0.25) is 0 Å². The monoisotopic (exact) mass is 215 g/mol. The van der Waals surface area contributed by atoms with Crippen LogP contribution in [0.1, 0.15) is 6.92 Å². The molecule has 0 aliphatic carbocycles. The Labute approximate surface area is 83.6 Å². The van der Waals surface area contributed by atoms with Gasteiger partial charge < -0.3 is 10.5 Å². The number of sulfone groups is 1. The van der Waals surface area contributed by atoms with Crippen LogP contribution in [0.2, 0.25) is 0 Å². The van der Waals surface area contributed by atoms with Crippen molar-refractivity contribution in [2.24, 2.45) is 0 Å². The minimum Gasteiger partial charge on any atom is -0.495 e. The van der Waals surface area contributed by atoms with Gasteiger partial charge in [-0.15, -0.1) is 0 Å². The number of anilines is 1. The van der Waals surface area contributed by atoms with Gasteiger partial charge in [-0.25, -0.2) is 8.42 Å². The van der Waals surface area contributed by atoms with Crippen LogP contribution in [0.4, 0.5) is 5.69 Å². The van der Waals surface area contributed by atoms with Gasteiger partial charge >= 0.3 is 0 Å². The molecular formula is C9H13NO3S. The second-order valence-electron chi connectivity index (χ2n) is 2.81. The molecule has 4 nitrogen and oxygen atoms in total. The predicted molar refractivity (Wildman–Crippen MR) is 55.1 cm³/mol. The van der Waals surface area contributed by atoms with Crippen molar-refractivity contribution in [3.63, 3.8) is 0 Å². The fraction of sp³-hybridized carbons (Fsp3) is 0.333. The molecule has 0 aliphatic heterocycles. The molecule has 78 valence electrons. The molecule has 0 heterocycles. The molecule has 0 radical (unpaired) electrons. The lowest BCUT2D eigenvalue weighted by Crippen LogP contribution is -2.04. The van der Waals surface area contributed by atoms with Crippen LogP contribution in [0.15, 0.2) is 23.1 Å². The number of methoxy groups -OCH3 is 1. The van der Waals surface area contributed by atoms with Crippen molar-refractivity contribution in [1.29, 1.82) is 0 Å². The Bertz CT molecular complexity index is 426. The average Bonchev–Trinajstić information content (AvgIpc) is 2.17. The molecule has 0 fully saturated rings. The molecule has 0 spiro atoms. The summed E-state index contributed by atoms with van der Waals surface area (Å²) in [7, 11) is -1.70. The molecule has 0 bridgehead atoms. The van der Waals surface area contributed by atoms with Crippen LogP contribution in [0.3, 0.4) is 0 Å². The Hall–Kier alpha value is -1.23. The minimum atomic E-state index is -3.18. The summed E-state index contributed by atoms with van der Waals surface area (Å²) in [4.78, 5) is 0.235. The zero-order valence-electron chi connectivity index (χ0n) is 8.15. The molecule has 1 aromatic carbocycles. The number of nitrogens with two attached hydrogens (primary N) is 1. The molecule has 1 aromatic rings. The number of nitrogen functional groups attached to an aromatic ring is 1. The molecule has 0 atom stereocenters. The van der Waals surface area contributed by atoms with Gasteiger partial charge in [-0.2, -0.15) is 0 Å². The minimum absolute atomic E-state index is 0.0682. The Balaban J connectivity index is 3.22. The molecule has 5 heteroatoms. The van der Waals surface area contributed by atoms with E-state index in [-0.39, 0.29) is 10.6 Å². The fourth-order valence-corrected chi connectivity index (χ4v) is 1.99. The zero-order chi connectivity index (χ0) is 10.8. The summed E-state index contributed by atoms with van der Waals surface area (Å²) >= 11 is 0. The maximum absolute atomic E-state index is 11.5. The van der Waals surface area contributed by atoms with Gasteiger partial charge in [0.25, 0.3) is 0 Å². The normalized spacial score (nSPS) is 11.3. The largest absolute Gasteiger partial charge is 0.495 e. The maximum Gasteiger partial charge on any atom is 0.178 e. The lowest BCUT2D eigenvalue weighted by molar-refractivity contribution is 0.416. The second kappa shape index (κ2) is 3.88. The van der Waals surface area contributed by atoms with Crippen molar-refractivity contribution >= 4 is 15.5 Å². The van der Waals surface area contributed by atoms with Gasteiger partial charge in [-0.1, -0.05) is 6.92 Å². The SMILES string of the molecule is CCS(=O)(=O)c1ccc(OC)c(N)c1. The van der Waals surface area contributed by atoms with Crippen LogP contribution in [-0.4, -0.2) is 21.3 Å². The van der Waals surface area contributed by atoms with Crippen molar-refractivity contribution in [2.75, 3.05) is 18.6 Å². The van der Waals surface area contributed by atoms with E-state index in [0.29, 0.717) is 11.4 Å². The van der Waals surface area contributed by atoms with Crippen LogP contribution in [0, 0.1) is 0 Å². The highest BCUT2D eigenvalue weighted by Crippen LogP contribution is 2.24. The summed E-state index contributed by atoms with van der Waals surface area (Å²) in [5.74, 6) is 0.554. The van der Waals surface area contributed by atoms with Gasteiger partial charge in [0.1, 0.15) is 5.75 Å². The first kappa shape index (κ1) is 10.8. The van der Waals surface area contributed by atoms with E-state index in [1.54, 1.807) is 13.0 Å². The van der Waals surface area contributed by atoms with E-state index in [9.17, 15) is 8.42 Å². The standard InChI is InChI=1S/C9H13NO3S/c1-3-14(11,12)7-4-5-9(13-2)8(10)6-7/h4-6H,3,10H2,1-2H3. The summed E-state index contributed by atoms with van der Waals surface area (Å²) in [5.41, 5.74) is 5.93. The highest BCUT2D eigenvalue weighted by atomic mass is 32.2. The third-order valence-corrected chi connectivity index (χ3v) is 3.67. The molecule has 2 N–H and O–H groups in total. The van der Waals surface area contributed by atoms with Gasteiger partial charge in [0, 0.05) is 0 Å². The van der Waals surface area contributed by atoms with Crippen molar-refractivity contribution in [2.45, 2.75) is 11.8 Å². The van der Waals surface area contributed by atoms with Crippen molar-refractivity contribution in [3.8, 4) is 5.75 Å². The number of benzene rings is 1. The molecule has 0 unspecified atom stereocenters. The van der Waals surface area contributed by atoms with Gasteiger partial charge in [0.05, 0.1) is 23.4 Å². The summed E-state index contributed by atoms with van der Waals surface area (Å²) in [6.45, 7) is 1.59. The third-order valence-electron chi connectivity index (χ3n) is 1.94. The van der Waals surface area contributed by atoms with Crippen LogP contribution in [0.5, 0.6) is 5.75 Å². The summed E-state index contributed by atoms with van der Waals surface area (Å²) in [5, 5.41) is 0. The highest BCUT2D eigenvalue weighted by molar-refractivity contribution is 7.91. The number of hydrogen-bond acceptors (Lipinski definition) is 4. The van der Waals surface area contributed by atoms with Crippen molar-refractivity contribution < 1.29 is 13.2 Å². The third kappa shape index (κ3) is 1.98. The smallest absolute Gasteiger partial charge is 0.178 e. The fourth-order valence-electron chi connectivity index (χ4n) is 1.07. The summed E-state index contributed by atoms with van der Waals surface area (Å²) < 4.78 is 27.8. The van der Waals surface area contributed by atoms with E-state index in [2.05, 4.69) is 0 Å². The summed E-state index contributed by atoms with van der Waals surface area (Å²) in [6, 6.07) is 4.46. The van der Waals surface area contributed by atoms with E-state index >= 15 is 0 Å². The zero-order valence-corrected chi connectivity index (χ0v) is 8.97. The van der Waals surface area contributed by atoms with E-state index in [1.165, 1.54) is 19.2 Å². The van der Waals surface area contributed by atoms with Crippen molar-refractivity contribution in [1.82, 2.24) is 0 Å². The van der Waals surface area contributed by atoms with Gasteiger partial charge in [0.15, 0.2) is 9.84 Å². The molecule has 0 amide bonds. The first-order chi connectivity index (χ1) is 6.51. The van der Waals surface area contributed by atoms with Gasteiger partial charge in [0.2, 0.25) is 0 Å². The Morgan fingerprint density at radius 3 is 2.50 bits per heavy atom. The second-order valence-corrected chi connectivity index (χ2v) is 5.09. The molecule has 0 saturated carbocycles. The molecule has 0 aromatic heterocycles. The Kier molecular flexibility index (Phi) is 3.00. The quantitative estimate of drug-likeness (QED) is 0.766. The maximum atomic E-state index is 11.5. The first-order valence-electron chi connectivity index (χ1n) is 4.17. The van der Waals surface area contributed by atoms with E-state index in [1.807, 2.05) is 0 Å². The molecule has 14 heavy (non-hydrogen) atoms. The van der Waals surface area contributed by atoms with E-state index in [0.717, 1.165) is 0 Å². The molecular weight excluding hydrogens is 202 g/mol. The number of ether oxygens (including phenoxy) is 1. The van der Waals surface area contributed by atoms with Crippen LogP contribution in [0.25, 0.3) is 0 Å². The number of rotatable bonds is 3. The van der Waals surface area contributed by atoms with Crippen LogP contribution < -0.4 is 10.5 Å². The topological polar surface area (TPSA) is 69.4 Å².